The standard InChI is InChI=1S/C34H35NO4/c1-22(2)20-39-34(37)31-23(3)35-29-18-27(25-12-8-5-9-13-25)19-30(36)33(29)32(31)26-14-16-28(17-15-26)38-21-24-10-6-4-7-11-24/h4-17,22,27,32,35H,18-21H2,1-3H3/t27-,32-/m1/s1. The Bertz CT molecular complexity index is 1390. The average molecular weight is 522 g/mol. The lowest BCUT2D eigenvalue weighted by Gasteiger charge is -2.36. The number of benzene rings is 3. The van der Waals surface area contributed by atoms with Gasteiger partial charge in [0.05, 0.1) is 12.2 Å². The first-order chi connectivity index (χ1) is 18.9. The summed E-state index contributed by atoms with van der Waals surface area (Å²) < 4.78 is 11.7. The highest BCUT2D eigenvalue weighted by atomic mass is 16.5. The minimum Gasteiger partial charge on any atom is -0.489 e. The molecule has 0 unspecified atom stereocenters. The summed E-state index contributed by atoms with van der Waals surface area (Å²) in [5.41, 5.74) is 5.91. The van der Waals surface area contributed by atoms with Crippen LogP contribution in [-0.2, 0) is 20.9 Å². The van der Waals surface area contributed by atoms with Gasteiger partial charge in [-0.2, -0.15) is 0 Å². The lowest BCUT2D eigenvalue weighted by Crippen LogP contribution is -2.36. The molecule has 1 heterocycles. The number of carbonyl (C=O) groups is 2. The Hall–Kier alpha value is -4.12. The molecule has 5 nitrogen and oxygen atoms in total. The highest BCUT2D eigenvalue weighted by molar-refractivity contribution is 6.04. The van der Waals surface area contributed by atoms with Gasteiger partial charge in [-0.1, -0.05) is 86.6 Å². The maximum absolute atomic E-state index is 13.8. The number of nitrogens with one attached hydrogen (secondary N) is 1. The summed E-state index contributed by atoms with van der Waals surface area (Å²) in [4.78, 5) is 27.2. The third kappa shape index (κ3) is 5.98. The van der Waals surface area contributed by atoms with Crippen molar-refractivity contribution in [3.8, 4) is 5.75 Å². The molecule has 0 saturated heterocycles. The lowest BCUT2D eigenvalue weighted by atomic mass is 9.71. The molecule has 5 heteroatoms. The Kier molecular flexibility index (Phi) is 7.97. The van der Waals surface area contributed by atoms with Crippen LogP contribution in [0.5, 0.6) is 5.75 Å². The van der Waals surface area contributed by atoms with Crippen LogP contribution in [0.15, 0.2) is 107 Å². The highest BCUT2D eigenvalue weighted by Gasteiger charge is 2.41. The van der Waals surface area contributed by atoms with E-state index in [0.29, 0.717) is 37.2 Å². The van der Waals surface area contributed by atoms with Crippen molar-refractivity contribution in [3.63, 3.8) is 0 Å². The van der Waals surface area contributed by atoms with Crippen molar-refractivity contribution >= 4 is 11.8 Å². The smallest absolute Gasteiger partial charge is 0.336 e. The number of ketones is 1. The second-order valence-electron chi connectivity index (χ2n) is 10.8. The van der Waals surface area contributed by atoms with Gasteiger partial charge in [0.25, 0.3) is 0 Å². The molecule has 0 amide bonds. The fourth-order valence-electron chi connectivity index (χ4n) is 5.42. The van der Waals surface area contributed by atoms with E-state index in [1.54, 1.807) is 0 Å². The van der Waals surface area contributed by atoms with Gasteiger partial charge in [0.1, 0.15) is 12.4 Å². The molecular weight excluding hydrogens is 486 g/mol. The molecule has 0 aromatic heterocycles. The van der Waals surface area contributed by atoms with E-state index in [9.17, 15) is 9.59 Å². The van der Waals surface area contributed by atoms with Gasteiger partial charge in [-0.15, -0.1) is 0 Å². The van der Waals surface area contributed by atoms with E-state index in [0.717, 1.165) is 33.8 Å². The van der Waals surface area contributed by atoms with Gasteiger partial charge in [0.2, 0.25) is 0 Å². The molecule has 1 aliphatic carbocycles. The number of hydrogen-bond donors (Lipinski definition) is 1. The van der Waals surface area contributed by atoms with Crippen molar-refractivity contribution in [1.29, 1.82) is 0 Å². The van der Waals surface area contributed by atoms with Gasteiger partial charge in [0, 0.05) is 29.3 Å². The van der Waals surface area contributed by atoms with Gasteiger partial charge >= 0.3 is 5.97 Å². The van der Waals surface area contributed by atoms with Crippen molar-refractivity contribution < 1.29 is 19.1 Å². The van der Waals surface area contributed by atoms with E-state index in [2.05, 4.69) is 17.4 Å². The summed E-state index contributed by atoms with van der Waals surface area (Å²) in [6.45, 7) is 6.71. The Morgan fingerprint density at radius 3 is 2.23 bits per heavy atom. The van der Waals surface area contributed by atoms with Gasteiger partial charge in [0.15, 0.2) is 5.78 Å². The molecule has 5 rings (SSSR count). The largest absolute Gasteiger partial charge is 0.489 e. The molecule has 0 bridgehead atoms. The molecule has 1 aliphatic heterocycles. The van der Waals surface area contributed by atoms with E-state index < -0.39 is 5.92 Å². The predicted octanol–water partition coefficient (Wildman–Crippen LogP) is 6.83. The Morgan fingerprint density at radius 1 is 0.897 bits per heavy atom. The second-order valence-corrected chi connectivity index (χ2v) is 10.8. The molecule has 0 fully saturated rings. The minimum absolute atomic E-state index is 0.0636. The summed E-state index contributed by atoms with van der Waals surface area (Å²) >= 11 is 0. The van der Waals surface area contributed by atoms with Crippen LogP contribution in [0, 0.1) is 5.92 Å². The SMILES string of the molecule is CC1=C(C(=O)OCC(C)C)[C@@H](c2ccc(OCc3ccccc3)cc2)C2=C(C[C@@H](c3ccccc3)CC2=O)N1. The first-order valence-electron chi connectivity index (χ1n) is 13.6. The second kappa shape index (κ2) is 11.7. The number of dihydropyridines is 1. The summed E-state index contributed by atoms with van der Waals surface area (Å²) in [5, 5.41) is 3.43. The quantitative estimate of drug-likeness (QED) is 0.329. The number of rotatable bonds is 8. The molecular formula is C34H35NO4. The van der Waals surface area contributed by atoms with Crippen LogP contribution in [0.4, 0.5) is 0 Å². The zero-order valence-electron chi connectivity index (χ0n) is 22.8. The van der Waals surface area contributed by atoms with Crippen LogP contribution in [-0.4, -0.2) is 18.4 Å². The van der Waals surface area contributed by atoms with Crippen LogP contribution in [0.25, 0.3) is 0 Å². The van der Waals surface area contributed by atoms with Gasteiger partial charge in [-0.25, -0.2) is 4.79 Å². The van der Waals surface area contributed by atoms with Crippen LogP contribution in [0.2, 0.25) is 0 Å². The number of esters is 1. The van der Waals surface area contributed by atoms with Gasteiger partial charge in [-0.05, 0) is 54.0 Å². The van der Waals surface area contributed by atoms with Crippen LogP contribution < -0.4 is 10.1 Å². The van der Waals surface area contributed by atoms with Crippen molar-refractivity contribution in [2.45, 2.75) is 52.1 Å². The number of allylic oxidation sites excluding steroid dienone is 3. The van der Waals surface area contributed by atoms with Crippen LogP contribution >= 0.6 is 0 Å². The fourth-order valence-corrected chi connectivity index (χ4v) is 5.42. The molecule has 2 atom stereocenters. The topological polar surface area (TPSA) is 64.6 Å². The molecule has 39 heavy (non-hydrogen) atoms. The maximum atomic E-state index is 13.8. The average Bonchev–Trinajstić information content (AvgIpc) is 2.95. The summed E-state index contributed by atoms with van der Waals surface area (Å²) in [6.07, 6.45) is 1.12. The Balaban J connectivity index is 1.47. The number of ether oxygens (including phenoxy) is 2. The first-order valence-corrected chi connectivity index (χ1v) is 13.6. The lowest BCUT2D eigenvalue weighted by molar-refractivity contribution is -0.140. The molecule has 3 aromatic carbocycles. The Labute approximate surface area is 230 Å². The molecule has 2 aliphatic rings. The summed E-state index contributed by atoms with van der Waals surface area (Å²) in [5.74, 6) is 0.231. The maximum Gasteiger partial charge on any atom is 0.336 e. The molecule has 200 valence electrons. The van der Waals surface area contributed by atoms with Crippen LogP contribution in [0.1, 0.15) is 62.1 Å². The zero-order valence-corrected chi connectivity index (χ0v) is 22.8. The molecule has 0 saturated carbocycles. The molecule has 3 aromatic rings. The predicted molar refractivity (Wildman–Crippen MR) is 152 cm³/mol. The normalized spacial score (nSPS) is 19.0. The molecule has 1 N–H and O–H groups in total. The molecule has 0 spiro atoms. The van der Waals surface area contributed by atoms with Crippen molar-refractivity contribution in [1.82, 2.24) is 5.32 Å². The monoisotopic (exact) mass is 521 g/mol. The van der Waals surface area contributed by atoms with Crippen molar-refractivity contribution in [3.05, 3.63) is 124 Å². The third-order valence-corrected chi connectivity index (χ3v) is 7.33. The van der Waals surface area contributed by atoms with Gasteiger partial charge < -0.3 is 14.8 Å². The number of Topliss-reactive ketones (excluding diaryl/α,β-unsaturated/α-hetero) is 1. The molecule has 0 radical (unpaired) electrons. The third-order valence-electron chi connectivity index (χ3n) is 7.33. The van der Waals surface area contributed by atoms with E-state index >= 15 is 0 Å². The van der Waals surface area contributed by atoms with Crippen molar-refractivity contribution in [2.24, 2.45) is 5.92 Å². The number of carbonyl (C=O) groups excluding carboxylic acids is 2. The first kappa shape index (κ1) is 26.5. The summed E-state index contributed by atoms with van der Waals surface area (Å²) in [6, 6.07) is 27.9. The van der Waals surface area contributed by atoms with Gasteiger partial charge in [-0.3, -0.25) is 4.79 Å². The zero-order chi connectivity index (χ0) is 27.4. The van der Waals surface area contributed by atoms with Crippen LogP contribution in [0.3, 0.4) is 0 Å². The van der Waals surface area contributed by atoms with E-state index in [1.165, 1.54) is 0 Å². The van der Waals surface area contributed by atoms with Crippen molar-refractivity contribution in [2.75, 3.05) is 6.61 Å². The van der Waals surface area contributed by atoms with E-state index in [1.807, 2.05) is 93.6 Å². The summed E-state index contributed by atoms with van der Waals surface area (Å²) in [7, 11) is 0. The number of hydrogen-bond acceptors (Lipinski definition) is 5. The fraction of sp³-hybridized carbons (Fsp3) is 0.294. The highest BCUT2D eigenvalue weighted by Crippen LogP contribution is 2.46. The van der Waals surface area contributed by atoms with E-state index in [4.69, 9.17) is 9.47 Å². The minimum atomic E-state index is -0.492. The Morgan fingerprint density at radius 2 is 1.56 bits per heavy atom. The van der Waals surface area contributed by atoms with E-state index in [-0.39, 0.29) is 23.6 Å².